The molecule has 2 aromatic rings. The van der Waals surface area contributed by atoms with Gasteiger partial charge >= 0.3 is 0 Å². The van der Waals surface area contributed by atoms with Gasteiger partial charge in [-0.05, 0) is 31.5 Å². The van der Waals surface area contributed by atoms with Gasteiger partial charge < -0.3 is 0 Å². The highest BCUT2D eigenvalue weighted by atomic mass is 79.9. The van der Waals surface area contributed by atoms with Gasteiger partial charge in [-0.3, -0.25) is 4.68 Å². The van der Waals surface area contributed by atoms with Gasteiger partial charge in [0.05, 0.1) is 17.9 Å². The Bertz CT molecular complexity index is 771. The van der Waals surface area contributed by atoms with Crippen LogP contribution in [0.25, 0.3) is 0 Å². The number of halogens is 2. The quantitative estimate of drug-likeness (QED) is 0.908. The fourth-order valence-corrected chi connectivity index (χ4v) is 3.50. The molecule has 0 saturated heterocycles. The van der Waals surface area contributed by atoms with E-state index in [9.17, 15) is 12.8 Å². The fraction of sp³-hybridized carbons (Fsp3) is 0.250. The summed E-state index contributed by atoms with van der Waals surface area (Å²) in [6, 6.07) is 4.31. The Kier molecular flexibility index (Phi) is 3.99. The second-order valence-corrected chi connectivity index (χ2v) is 6.79. The molecule has 1 aromatic heterocycles. The summed E-state index contributed by atoms with van der Waals surface area (Å²) in [6.45, 7) is 3.54. The molecule has 5 nitrogen and oxygen atoms in total. The van der Waals surface area contributed by atoms with Crippen molar-refractivity contribution < 1.29 is 12.8 Å². The fourth-order valence-electron chi connectivity index (χ4n) is 2.06. The van der Waals surface area contributed by atoms with Crippen molar-refractivity contribution in [2.24, 2.45) is 5.14 Å². The van der Waals surface area contributed by atoms with Crippen LogP contribution in [-0.4, -0.2) is 18.2 Å². The zero-order valence-corrected chi connectivity index (χ0v) is 13.3. The van der Waals surface area contributed by atoms with Gasteiger partial charge in [0.1, 0.15) is 10.7 Å². The van der Waals surface area contributed by atoms with Crippen molar-refractivity contribution in [2.45, 2.75) is 25.3 Å². The molecule has 0 fully saturated rings. The minimum absolute atomic E-state index is 0.0377. The summed E-state index contributed by atoms with van der Waals surface area (Å²) in [5.74, 6) is -0.348. The number of nitrogens with zero attached hydrogens (tertiary/aromatic N) is 2. The summed E-state index contributed by atoms with van der Waals surface area (Å²) in [7, 11) is -3.81. The van der Waals surface area contributed by atoms with Gasteiger partial charge in [-0.15, -0.1) is 0 Å². The second kappa shape index (κ2) is 5.27. The van der Waals surface area contributed by atoms with Crippen LogP contribution in [0.3, 0.4) is 0 Å². The van der Waals surface area contributed by atoms with Gasteiger partial charge in [0.2, 0.25) is 10.0 Å². The van der Waals surface area contributed by atoms with E-state index in [1.54, 1.807) is 19.9 Å². The Morgan fingerprint density at radius 2 is 2.05 bits per heavy atom. The smallest absolute Gasteiger partial charge is 0.241 e. The van der Waals surface area contributed by atoms with Crippen LogP contribution in [0.2, 0.25) is 0 Å². The molecule has 0 bridgehead atoms. The normalized spacial score (nSPS) is 11.8. The van der Waals surface area contributed by atoms with E-state index in [1.165, 1.54) is 16.8 Å². The van der Waals surface area contributed by atoms with Crippen molar-refractivity contribution in [1.82, 2.24) is 9.78 Å². The Hall–Kier alpha value is -1.25. The van der Waals surface area contributed by atoms with Crippen LogP contribution in [0.4, 0.5) is 4.39 Å². The molecule has 0 aliphatic rings. The van der Waals surface area contributed by atoms with Crippen molar-refractivity contribution in [3.05, 3.63) is 45.4 Å². The lowest BCUT2D eigenvalue weighted by Gasteiger charge is -2.07. The predicted octanol–water partition coefficient (Wildman–Crippen LogP) is 2.10. The van der Waals surface area contributed by atoms with Crippen molar-refractivity contribution in [3.63, 3.8) is 0 Å². The second-order valence-electron chi connectivity index (χ2n) is 4.44. The molecule has 1 heterocycles. The molecule has 108 valence electrons. The molecule has 0 spiro atoms. The Labute approximate surface area is 124 Å². The third-order valence-electron chi connectivity index (χ3n) is 2.93. The summed E-state index contributed by atoms with van der Waals surface area (Å²) in [6.07, 6.45) is 0. The summed E-state index contributed by atoms with van der Waals surface area (Å²) < 4.78 is 38.2. The van der Waals surface area contributed by atoms with Crippen LogP contribution in [0, 0.1) is 19.7 Å². The Morgan fingerprint density at radius 3 is 2.55 bits per heavy atom. The number of rotatable bonds is 3. The highest BCUT2D eigenvalue weighted by Gasteiger charge is 2.21. The minimum Gasteiger partial charge on any atom is -0.264 e. The number of aryl methyl sites for hydroxylation is 1. The molecule has 1 aromatic carbocycles. The van der Waals surface area contributed by atoms with Crippen LogP contribution in [0.1, 0.15) is 17.0 Å². The molecule has 8 heteroatoms. The average molecular weight is 362 g/mol. The summed E-state index contributed by atoms with van der Waals surface area (Å²) >= 11 is 3.27. The van der Waals surface area contributed by atoms with Crippen LogP contribution < -0.4 is 5.14 Å². The van der Waals surface area contributed by atoms with Gasteiger partial charge in [-0.1, -0.05) is 22.0 Å². The highest BCUT2D eigenvalue weighted by molar-refractivity contribution is 9.10. The van der Waals surface area contributed by atoms with E-state index in [0.717, 1.165) is 5.56 Å². The van der Waals surface area contributed by atoms with Gasteiger partial charge in [0.15, 0.2) is 0 Å². The average Bonchev–Trinajstić information content (AvgIpc) is 2.57. The first-order valence-corrected chi connectivity index (χ1v) is 8.05. The first-order valence-electron chi connectivity index (χ1n) is 5.71. The first-order chi connectivity index (χ1) is 9.20. The predicted molar refractivity (Wildman–Crippen MR) is 76.3 cm³/mol. The van der Waals surface area contributed by atoms with E-state index in [2.05, 4.69) is 21.0 Å². The molecule has 20 heavy (non-hydrogen) atoms. The Morgan fingerprint density at radius 1 is 1.40 bits per heavy atom. The van der Waals surface area contributed by atoms with Crippen LogP contribution in [0.15, 0.2) is 27.6 Å². The summed E-state index contributed by atoms with van der Waals surface area (Å²) in [5, 5.41) is 9.35. The molecule has 0 aliphatic carbocycles. The van der Waals surface area contributed by atoms with Gasteiger partial charge in [0, 0.05) is 4.47 Å². The maximum absolute atomic E-state index is 13.0. The molecular weight excluding hydrogens is 349 g/mol. The number of benzene rings is 1. The molecule has 0 unspecified atom stereocenters. The van der Waals surface area contributed by atoms with Crippen LogP contribution in [-0.2, 0) is 16.6 Å². The lowest BCUT2D eigenvalue weighted by atomic mass is 10.2. The standard InChI is InChI=1S/C12H13BrFN3O2S/c1-7-12(20(15,18)19)8(2)17(16-7)6-9-3-4-10(14)5-11(9)13/h3-5H,6H2,1-2H3,(H2,15,18,19). The number of primary sulfonamides is 1. The lowest BCUT2D eigenvalue weighted by Crippen LogP contribution is -2.14. The number of hydrogen-bond acceptors (Lipinski definition) is 3. The van der Waals surface area contributed by atoms with Crippen molar-refractivity contribution in [1.29, 1.82) is 0 Å². The van der Waals surface area contributed by atoms with Gasteiger partial charge in [-0.25, -0.2) is 17.9 Å². The zero-order valence-electron chi connectivity index (χ0n) is 10.9. The van der Waals surface area contributed by atoms with Crippen molar-refractivity contribution in [3.8, 4) is 0 Å². The minimum atomic E-state index is -3.81. The summed E-state index contributed by atoms with van der Waals surface area (Å²) in [5.41, 5.74) is 1.60. The monoisotopic (exact) mass is 361 g/mol. The first kappa shape index (κ1) is 15.1. The highest BCUT2D eigenvalue weighted by Crippen LogP contribution is 2.22. The van der Waals surface area contributed by atoms with Crippen molar-refractivity contribution >= 4 is 26.0 Å². The molecule has 0 atom stereocenters. The molecule has 0 aliphatic heterocycles. The molecule has 0 amide bonds. The van der Waals surface area contributed by atoms with Crippen LogP contribution in [0.5, 0.6) is 0 Å². The third-order valence-corrected chi connectivity index (χ3v) is 4.83. The van der Waals surface area contributed by atoms with E-state index in [4.69, 9.17) is 5.14 Å². The topological polar surface area (TPSA) is 78.0 Å². The van der Waals surface area contributed by atoms with E-state index in [-0.39, 0.29) is 10.7 Å². The molecule has 0 saturated carbocycles. The maximum Gasteiger partial charge on any atom is 0.241 e. The van der Waals surface area contributed by atoms with Crippen molar-refractivity contribution in [2.75, 3.05) is 0 Å². The maximum atomic E-state index is 13.0. The number of sulfonamides is 1. The third kappa shape index (κ3) is 2.92. The molecule has 2 rings (SSSR count). The SMILES string of the molecule is Cc1nn(Cc2ccc(F)cc2Br)c(C)c1S(N)(=O)=O. The number of hydrogen-bond donors (Lipinski definition) is 1. The van der Waals surface area contributed by atoms with Gasteiger partial charge in [-0.2, -0.15) is 5.10 Å². The Balaban J connectivity index is 2.46. The molecular formula is C12H13BrFN3O2S. The van der Waals surface area contributed by atoms with E-state index in [1.807, 2.05) is 0 Å². The van der Waals surface area contributed by atoms with E-state index >= 15 is 0 Å². The largest absolute Gasteiger partial charge is 0.264 e. The van der Waals surface area contributed by atoms with Gasteiger partial charge in [0.25, 0.3) is 0 Å². The zero-order chi connectivity index (χ0) is 15.1. The molecule has 2 N–H and O–H groups in total. The van der Waals surface area contributed by atoms with Crippen LogP contribution >= 0.6 is 15.9 Å². The lowest BCUT2D eigenvalue weighted by molar-refractivity contribution is 0.595. The molecule has 0 radical (unpaired) electrons. The number of nitrogens with two attached hydrogens (primary N) is 1. The van der Waals surface area contributed by atoms with E-state index < -0.39 is 10.0 Å². The van der Waals surface area contributed by atoms with E-state index in [0.29, 0.717) is 22.4 Å². The number of aromatic nitrogens is 2. The summed E-state index contributed by atoms with van der Waals surface area (Å²) in [4.78, 5) is 0.0377.